The molecule has 0 radical (unpaired) electrons. The molecule has 1 saturated heterocycles. The van der Waals surface area contributed by atoms with Crippen LogP contribution in [0.5, 0.6) is 0 Å². The first-order valence-corrected chi connectivity index (χ1v) is 9.11. The Morgan fingerprint density at radius 1 is 1.29 bits per heavy atom. The molecule has 2 aliphatic rings. The zero-order valence-corrected chi connectivity index (χ0v) is 12.9. The van der Waals surface area contributed by atoms with E-state index in [4.69, 9.17) is 5.26 Å². The van der Waals surface area contributed by atoms with E-state index in [1.807, 2.05) is 13.0 Å². The van der Waals surface area contributed by atoms with E-state index in [0.29, 0.717) is 17.1 Å². The van der Waals surface area contributed by atoms with E-state index < -0.39 is 9.84 Å². The van der Waals surface area contributed by atoms with Crippen LogP contribution in [0.15, 0.2) is 12.3 Å². The van der Waals surface area contributed by atoms with Gasteiger partial charge in [0, 0.05) is 12.2 Å². The van der Waals surface area contributed by atoms with Gasteiger partial charge in [0.1, 0.15) is 11.9 Å². The minimum absolute atomic E-state index is 0.277. The number of aromatic nitrogens is 1. The Morgan fingerprint density at radius 2 is 1.95 bits per heavy atom. The van der Waals surface area contributed by atoms with Crippen molar-refractivity contribution in [2.75, 3.05) is 16.8 Å². The molecule has 0 amide bonds. The lowest BCUT2D eigenvalue weighted by Crippen LogP contribution is -2.42. The van der Waals surface area contributed by atoms with E-state index in [0.717, 1.165) is 30.6 Å². The van der Waals surface area contributed by atoms with Gasteiger partial charge < -0.3 is 5.32 Å². The standard InChI is InChI=1S/C15H19N3O2S/c1-10-2-15(17-7-13(10)6-16)18-14-4-11-3-12(5-14)9-21(19,20)8-11/h2,7,11-12,14H,3-5,8-9H2,1H3,(H,17,18)/t11-,12+,14?. The van der Waals surface area contributed by atoms with Gasteiger partial charge in [-0.25, -0.2) is 13.4 Å². The van der Waals surface area contributed by atoms with Gasteiger partial charge in [-0.1, -0.05) is 0 Å². The SMILES string of the molecule is Cc1cc(NC2C[C@@H]3C[C@H](C2)CS(=O)(=O)C3)ncc1C#N. The van der Waals surface area contributed by atoms with Crippen LogP contribution in [0.4, 0.5) is 5.82 Å². The second-order valence-corrected chi connectivity index (χ2v) is 8.51. The Bertz CT molecular complexity index is 673. The number of fused-ring (bicyclic) bond motifs is 2. The van der Waals surface area contributed by atoms with Crippen molar-refractivity contribution >= 4 is 15.7 Å². The summed E-state index contributed by atoms with van der Waals surface area (Å²) in [6.45, 7) is 1.90. The van der Waals surface area contributed by atoms with Crippen molar-refractivity contribution in [2.24, 2.45) is 11.8 Å². The molecule has 0 spiro atoms. The summed E-state index contributed by atoms with van der Waals surface area (Å²) in [5.41, 5.74) is 1.50. The molecule has 1 unspecified atom stereocenters. The maximum Gasteiger partial charge on any atom is 0.150 e. The van der Waals surface area contributed by atoms with Gasteiger partial charge in [-0.3, -0.25) is 0 Å². The fraction of sp³-hybridized carbons (Fsp3) is 0.600. The minimum Gasteiger partial charge on any atom is -0.367 e. The Balaban J connectivity index is 1.70. The number of sulfone groups is 1. The maximum atomic E-state index is 11.8. The van der Waals surface area contributed by atoms with Crippen LogP contribution in [0.25, 0.3) is 0 Å². The first kappa shape index (κ1) is 14.3. The van der Waals surface area contributed by atoms with E-state index in [9.17, 15) is 8.42 Å². The molecule has 3 atom stereocenters. The number of nitrogens with one attached hydrogen (secondary N) is 1. The highest BCUT2D eigenvalue weighted by atomic mass is 32.2. The summed E-state index contributed by atoms with van der Waals surface area (Å²) in [5, 5.41) is 12.3. The molecule has 3 rings (SSSR count). The molecule has 1 aliphatic carbocycles. The van der Waals surface area contributed by atoms with Gasteiger partial charge in [0.05, 0.1) is 17.1 Å². The normalized spacial score (nSPS) is 30.4. The lowest BCUT2D eigenvalue weighted by molar-refractivity contribution is 0.269. The molecule has 112 valence electrons. The van der Waals surface area contributed by atoms with Crippen LogP contribution in [0.3, 0.4) is 0 Å². The summed E-state index contributed by atoms with van der Waals surface area (Å²) >= 11 is 0. The number of hydrogen-bond donors (Lipinski definition) is 1. The molecule has 6 heteroatoms. The van der Waals surface area contributed by atoms with Gasteiger partial charge in [0.2, 0.25) is 0 Å². The van der Waals surface area contributed by atoms with E-state index >= 15 is 0 Å². The van der Waals surface area contributed by atoms with Gasteiger partial charge in [-0.15, -0.1) is 0 Å². The number of nitriles is 1. The quantitative estimate of drug-likeness (QED) is 0.902. The lowest BCUT2D eigenvalue weighted by Gasteiger charge is -2.39. The van der Waals surface area contributed by atoms with Crippen molar-refractivity contribution < 1.29 is 8.42 Å². The molecule has 1 aliphatic heterocycles. The van der Waals surface area contributed by atoms with Crippen LogP contribution in [0, 0.1) is 30.1 Å². The molecule has 1 aromatic heterocycles. The Kier molecular flexibility index (Phi) is 3.62. The summed E-state index contributed by atoms with van der Waals surface area (Å²) in [4.78, 5) is 4.28. The Hall–Kier alpha value is -1.61. The second kappa shape index (κ2) is 5.30. The summed E-state index contributed by atoms with van der Waals surface area (Å²) < 4.78 is 23.6. The van der Waals surface area contributed by atoms with Gasteiger partial charge in [0.15, 0.2) is 9.84 Å². The molecule has 2 fully saturated rings. The van der Waals surface area contributed by atoms with E-state index in [2.05, 4.69) is 16.4 Å². The molecular weight excluding hydrogens is 286 g/mol. The van der Waals surface area contributed by atoms with Crippen molar-refractivity contribution in [3.8, 4) is 6.07 Å². The van der Waals surface area contributed by atoms with Gasteiger partial charge >= 0.3 is 0 Å². The van der Waals surface area contributed by atoms with Gasteiger partial charge in [-0.2, -0.15) is 5.26 Å². The third kappa shape index (κ3) is 3.18. The molecule has 21 heavy (non-hydrogen) atoms. The number of anilines is 1. The average molecular weight is 305 g/mol. The minimum atomic E-state index is -2.83. The summed E-state index contributed by atoms with van der Waals surface area (Å²) in [7, 11) is -2.83. The summed E-state index contributed by atoms with van der Waals surface area (Å²) in [5.74, 6) is 2.00. The molecule has 5 nitrogen and oxygen atoms in total. The zero-order chi connectivity index (χ0) is 15.0. The number of rotatable bonds is 2. The third-order valence-electron chi connectivity index (χ3n) is 4.46. The van der Waals surface area contributed by atoms with Crippen LogP contribution in [0.1, 0.15) is 30.4 Å². The van der Waals surface area contributed by atoms with Gasteiger partial charge in [0.25, 0.3) is 0 Å². The molecule has 1 N–H and O–H groups in total. The predicted octanol–water partition coefficient (Wildman–Crippen LogP) is 1.89. The largest absolute Gasteiger partial charge is 0.367 e. The number of hydrogen-bond acceptors (Lipinski definition) is 5. The highest BCUT2D eigenvalue weighted by molar-refractivity contribution is 7.91. The Labute approximate surface area is 125 Å². The lowest BCUT2D eigenvalue weighted by atomic mass is 9.80. The Morgan fingerprint density at radius 3 is 2.52 bits per heavy atom. The maximum absolute atomic E-state index is 11.8. The molecular formula is C15H19N3O2S. The molecule has 2 heterocycles. The third-order valence-corrected chi connectivity index (χ3v) is 6.42. The monoisotopic (exact) mass is 305 g/mol. The zero-order valence-electron chi connectivity index (χ0n) is 12.0. The van der Waals surface area contributed by atoms with Crippen molar-refractivity contribution in [3.63, 3.8) is 0 Å². The molecule has 1 saturated carbocycles. The van der Waals surface area contributed by atoms with E-state index in [1.54, 1.807) is 6.20 Å². The highest BCUT2D eigenvalue weighted by Crippen LogP contribution is 2.36. The van der Waals surface area contributed by atoms with Gasteiger partial charge in [-0.05, 0) is 49.7 Å². The number of nitrogens with zero attached hydrogens (tertiary/aromatic N) is 2. The molecule has 1 aromatic rings. The first-order chi connectivity index (χ1) is 9.95. The number of aryl methyl sites for hydroxylation is 1. The fourth-order valence-electron chi connectivity index (χ4n) is 3.70. The number of pyridine rings is 1. The smallest absolute Gasteiger partial charge is 0.150 e. The second-order valence-electron chi connectivity index (χ2n) is 6.35. The van der Waals surface area contributed by atoms with Crippen molar-refractivity contribution in [3.05, 3.63) is 23.4 Å². The topological polar surface area (TPSA) is 82.8 Å². The van der Waals surface area contributed by atoms with Crippen LogP contribution >= 0.6 is 0 Å². The van der Waals surface area contributed by atoms with Crippen LogP contribution < -0.4 is 5.32 Å². The van der Waals surface area contributed by atoms with Crippen molar-refractivity contribution in [1.29, 1.82) is 5.26 Å². The average Bonchev–Trinajstić information content (AvgIpc) is 2.36. The van der Waals surface area contributed by atoms with Crippen molar-refractivity contribution in [1.82, 2.24) is 4.98 Å². The fourth-order valence-corrected chi connectivity index (χ4v) is 5.82. The predicted molar refractivity (Wildman–Crippen MR) is 80.6 cm³/mol. The van der Waals surface area contributed by atoms with E-state index in [1.165, 1.54) is 0 Å². The molecule has 2 bridgehead atoms. The highest BCUT2D eigenvalue weighted by Gasteiger charge is 2.38. The van der Waals surface area contributed by atoms with Crippen LogP contribution in [-0.2, 0) is 9.84 Å². The summed E-state index contributed by atoms with van der Waals surface area (Å²) in [6.07, 6.45) is 4.40. The van der Waals surface area contributed by atoms with Crippen LogP contribution in [-0.4, -0.2) is 30.9 Å². The van der Waals surface area contributed by atoms with Crippen molar-refractivity contribution in [2.45, 2.75) is 32.2 Å². The summed E-state index contributed by atoms with van der Waals surface area (Å²) in [6, 6.07) is 4.28. The van der Waals surface area contributed by atoms with E-state index in [-0.39, 0.29) is 17.9 Å². The molecule has 0 aromatic carbocycles. The van der Waals surface area contributed by atoms with Crippen LogP contribution in [0.2, 0.25) is 0 Å². The first-order valence-electron chi connectivity index (χ1n) is 7.29.